The van der Waals surface area contributed by atoms with Crippen molar-refractivity contribution in [2.45, 2.75) is 26.7 Å². The van der Waals surface area contributed by atoms with E-state index in [9.17, 15) is 0 Å². The van der Waals surface area contributed by atoms with Crippen LogP contribution in [0.5, 0.6) is 0 Å². The fraction of sp³-hybridized carbons (Fsp3) is 0.0909. The molecule has 0 saturated carbocycles. The summed E-state index contributed by atoms with van der Waals surface area (Å²) in [4.78, 5) is 0. The van der Waals surface area contributed by atoms with E-state index < -0.39 is 0 Å². The zero-order chi connectivity index (χ0) is 43.6. The zero-order valence-corrected chi connectivity index (χ0v) is 37.2. The Morgan fingerprint density at radius 1 is 0.364 bits per heavy atom. The zero-order valence-electron chi connectivity index (χ0n) is 37.2. The average Bonchev–Trinajstić information content (AvgIpc) is 3.89. The lowest BCUT2D eigenvalue weighted by atomic mass is 9.68. The van der Waals surface area contributed by atoms with E-state index in [-0.39, 0.29) is 11.8 Å². The fourth-order valence-electron chi connectivity index (χ4n) is 12.8. The van der Waals surface area contributed by atoms with Crippen molar-refractivity contribution in [1.82, 2.24) is 0 Å². The van der Waals surface area contributed by atoms with Gasteiger partial charge in [0.1, 0.15) is 0 Å². The van der Waals surface area contributed by atoms with E-state index >= 15 is 0 Å². The lowest BCUT2D eigenvalue weighted by molar-refractivity contribution is 0.746. The molecule has 9 aromatic carbocycles. The van der Waals surface area contributed by atoms with E-state index in [4.69, 9.17) is 0 Å². The Morgan fingerprint density at radius 2 is 0.955 bits per heavy atom. The second kappa shape index (κ2) is 14.4. The molecule has 0 N–H and O–H groups in total. The third-order valence-electron chi connectivity index (χ3n) is 15.7. The maximum Gasteiger partial charge on any atom is 0.0214 e. The molecular formula is C66H46. The van der Waals surface area contributed by atoms with Crippen LogP contribution in [0.3, 0.4) is 0 Å². The molecule has 2 atom stereocenters. The molecular weight excluding hydrogens is 793 g/mol. The third kappa shape index (κ3) is 5.27. The molecule has 310 valence electrons. The molecule has 9 aromatic rings. The molecule has 5 aliphatic rings. The van der Waals surface area contributed by atoms with Crippen molar-refractivity contribution in [3.05, 3.63) is 245 Å². The van der Waals surface area contributed by atoms with Crippen LogP contribution in [0.25, 0.3) is 105 Å². The molecule has 0 heteroatoms. The van der Waals surface area contributed by atoms with Gasteiger partial charge in [-0.25, -0.2) is 0 Å². The van der Waals surface area contributed by atoms with Crippen molar-refractivity contribution in [2.24, 2.45) is 11.8 Å². The fourth-order valence-corrected chi connectivity index (χ4v) is 12.8. The van der Waals surface area contributed by atoms with Crippen LogP contribution >= 0.6 is 0 Å². The third-order valence-corrected chi connectivity index (χ3v) is 15.7. The molecule has 0 heterocycles. The van der Waals surface area contributed by atoms with Gasteiger partial charge in [-0.1, -0.05) is 182 Å². The standard InChI is InChI=1S/C66H46/c1-39-40(2)60-58-36-45-25-12-13-29-48(45)62(46-27-18-26-44(35-46)41-19-6-3-7-20-41)64(58)53-34-33-52-54-37-57-56(38-55(54)59(39)65(52)66(53)60)61(43-23-10-5-11-24-43)50-31-16-17-32-51(50)63(57)49-30-15-14-28-47(49)42-21-8-4-9-22-42/h3-8,10-21,23-38,65-66H,9,22H2,1-2H3. The molecule has 0 spiro atoms. The second-order valence-electron chi connectivity index (χ2n) is 18.9. The summed E-state index contributed by atoms with van der Waals surface area (Å²) < 4.78 is 0. The summed E-state index contributed by atoms with van der Waals surface area (Å²) in [6, 6.07) is 66.4. The van der Waals surface area contributed by atoms with Gasteiger partial charge in [-0.05, 0) is 195 Å². The van der Waals surface area contributed by atoms with Crippen molar-refractivity contribution >= 4 is 60.2 Å². The summed E-state index contributed by atoms with van der Waals surface area (Å²) in [6.45, 7) is 4.83. The van der Waals surface area contributed by atoms with Crippen LogP contribution in [-0.2, 0) is 0 Å². The quantitative estimate of drug-likeness (QED) is 0.152. The molecule has 0 bridgehead atoms. The topological polar surface area (TPSA) is 0 Å². The van der Waals surface area contributed by atoms with Gasteiger partial charge in [-0.15, -0.1) is 0 Å². The highest BCUT2D eigenvalue weighted by molar-refractivity contribution is 6.25. The number of rotatable bonds is 5. The Balaban J connectivity index is 1.05. The minimum Gasteiger partial charge on any atom is -0.0842 e. The first kappa shape index (κ1) is 37.6. The smallest absolute Gasteiger partial charge is 0.0214 e. The monoisotopic (exact) mass is 838 g/mol. The van der Waals surface area contributed by atoms with Crippen LogP contribution in [-0.4, -0.2) is 0 Å². The molecule has 14 rings (SSSR count). The molecule has 66 heavy (non-hydrogen) atoms. The predicted molar refractivity (Wildman–Crippen MR) is 282 cm³/mol. The Morgan fingerprint density at radius 3 is 1.73 bits per heavy atom. The SMILES string of the molecule is CC1=C2c3cc4c(-c5ccccc5)c5ccccc5c(-c5ccccc5C5=CC=CCC5)c4cc3C3=CC=C4c5c(cc6ccccc6c5-c5cccc(-c6ccccc6)c5)C(=C1C)C4C32. The van der Waals surface area contributed by atoms with Crippen LogP contribution in [0.1, 0.15) is 54.5 Å². The number of benzene rings is 9. The predicted octanol–water partition coefficient (Wildman–Crippen LogP) is 17.8. The highest BCUT2D eigenvalue weighted by Gasteiger charge is 2.50. The van der Waals surface area contributed by atoms with Gasteiger partial charge < -0.3 is 0 Å². The molecule has 0 aromatic heterocycles. The normalized spacial score (nSPS) is 17.8. The Bertz CT molecular complexity index is 3800. The minimum absolute atomic E-state index is 0.235. The Labute approximate surface area is 386 Å². The molecule has 0 aliphatic heterocycles. The lowest BCUT2D eigenvalue weighted by Gasteiger charge is -2.34. The molecule has 2 unspecified atom stereocenters. The summed E-state index contributed by atoms with van der Waals surface area (Å²) in [6.07, 6.45) is 14.0. The largest absolute Gasteiger partial charge is 0.0842 e. The highest BCUT2D eigenvalue weighted by atomic mass is 14.5. The van der Waals surface area contributed by atoms with E-state index in [1.54, 1.807) is 0 Å². The molecule has 0 radical (unpaired) electrons. The van der Waals surface area contributed by atoms with Crippen LogP contribution in [0, 0.1) is 11.8 Å². The first-order valence-corrected chi connectivity index (χ1v) is 23.7. The van der Waals surface area contributed by atoms with E-state index in [0.717, 1.165) is 12.8 Å². The molecule has 0 amide bonds. The van der Waals surface area contributed by atoms with Crippen LogP contribution in [0.4, 0.5) is 0 Å². The molecule has 5 aliphatic carbocycles. The van der Waals surface area contributed by atoms with Gasteiger partial charge in [0, 0.05) is 11.8 Å². The van der Waals surface area contributed by atoms with Gasteiger partial charge in [0.2, 0.25) is 0 Å². The minimum atomic E-state index is 0.235. The summed E-state index contributed by atoms with van der Waals surface area (Å²) >= 11 is 0. The number of fused-ring (bicyclic) bond motifs is 9. The van der Waals surface area contributed by atoms with E-state index in [1.807, 2.05) is 0 Å². The molecule has 0 saturated heterocycles. The van der Waals surface area contributed by atoms with Gasteiger partial charge in [0.05, 0.1) is 0 Å². The van der Waals surface area contributed by atoms with E-state index in [2.05, 4.69) is 220 Å². The van der Waals surface area contributed by atoms with Gasteiger partial charge in [0.25, 0.3) is 0 Å². The van der Waals surface area contributed by atoms with Crippen LogP contribution < -0.4 is 0 Å². The van der Waals surface area contributed by atoms with Gasteiger partial charge >= 0.3 is 0 Å². The summed E-state index contributed by atoms with van der Waals surface area (Å²) in [5.74, 6) is 0.472. The number of hydrogen-bond donors (Lipinski definition) is 0. The highest BCUT2D eigenvalue weighted by Crippen LogP contribution is 2.67. The van der Waals surface area contributed by atoms with Crippen molar-refractivity contribution in [3.8, 4) is 44.5 Å². The number of allylic oxidation sites excluding steroid dienone is 12. The van der Waals surface area contributed by atoms with Crippen molar-refractivity contribution in [1.29, 1.82) is 0 Å². The van der Waals surface area contributed by atoms with Crippen molar-refractivity contribution in [3.63, 3.8) is 0 Å². The van der Waals surface area contributed by atoms with Crippen molar-refractivity contribution in [2.75, 3.05) is 0 Å². The van der Waals surface area contributed by atoms with Gasteiger partial charge in [-0.3, -0.25) is 0 Å². The average molecular weight is 839 g/mol. The van der Waals surface area contributed by atoms with Crippen LogP contribution in [0.15, 0.2) is 217 Å². The second-order valence-corrected chi connectivity index (χ2v) is 18.9. The van der Waals surface area contributed by atoms with Crippen molar-refractivity contribution < 1.29 is 0 Å². The molecule has 0 fully saturated rings. The summed E-state index contributed by atoms with van der Waals surface area (Å²) in [5, 5.41) is 7.86. The first-order valence-electron chi connectivity index (χ1n) is 23.7. The number of hydrogen-bond acceptors (Lipinski definition) is 0. The maximum absolute atomic E-state index is 2.61. The maximum atomic E-state index is 2.61. The summed E-state index contributed by atoms with van der Waals surface area (Å²) in [7, 11) is 0. The van der Waals surface area contributed by atoms with Gasteiger partial charge in [0.15, 0.2) is 0 Å². The van der Waals surface area contributed by atoms with E-state index in [0.29, 0.717) is 0 Å². The molecule has 0 nitrogen and oxygen atoms in total. The first-order chi connectivity index (χ1) is 32.6. The Hall–Kier alpha value is -7.80. The Kier molecular flexibility index (Phi) is 8.17. The van der Waals surface area contributed by atoms with Crippen LogP contribution in [0.2, 0.25) is 0 Å². The lowest BCUT2D eigenvalue weighted by Crippen LogP contribution is -2.20. The van der Waals surface area contributed by atoms with E-state index in [1.165, 1.54) is 144 Å². The summed E-state index contributed by atoms with van der Waals surface area (Å²) in [5.41, 5.74) is 27.5. The van der Waals surface area contributed by atoms with Gasteiger partial charge in [-0.2, -0.15) is 0 Å².